The number of nitrogens with zero attached hydrogens (tertiary/aromatic N) is 1. The number of nitrogens with one attached hydrogen (secondary N) is 1. The molecule has 6 heteroatoms. The zero-order valence-electron chi connectivity index (χ0n) is 11.7. The topological polar surface area (TPSA) is 50.1 Å². The normalized spacial score (nSPS) is 11.7. The van der Waals surface area contributed by atoms with Crippen molar-refractivity contribution in [2.45, 2.75) is 11.8 Å². The molecule has 0 aliphatic heterocycles. The number of sulfonamides is 1. The fourth-order valence-electron chi connectivity index (χ4n) is 2.13. The van der Waals surface area contributed by atoms with E-state index in [1.807, 2.05) is 42.2 Å². The molecule has 0 spiro atoms. The molecule has 0 aliphatic carbocycles. The molecule has 3 aromatic rings. The van der Waals surface area contributed by atoms with Crippen molar-refractivity contribution >= 4 is 37.5 Å². The Labute approximate surface area is 127 Å². The lowest BCUT2D eigenvalue weighted by atomic mass is 10.2. The van der Waals surface area contributed by atoms with Gasteiger partial charge in [0, 0.05) is 11.5 Å². The van der Waals surface area contributed by atoms with Crippen molar-refractivity contribution in [2.24, 2.45) is 7.05 Å². The molecule has 1 N–H and O–H groups in total. The maximum atomic E-state index is 12.5. The monoisotopic (exact) mass is 319 g/mol. The second kappa shape index (κ2) is 5.13. The zero-order chi connectivity index (χ0) is 15.0. The molecule has 1 aromatic heterocycles. The minimum absolute atomic E-state index is 0.267. The number of aryl methyl sites for hydroxylation is 2. The van der Waals surface area contributed by atoms with Crippen LogP contribution in [0.15, 0.2) is 53.4 Å². The van der Waals surface area contributed by atoms with E-state index >= 15 is 0 Å². The Balaban J connectivity index is 2.05. The fourth-order valence-corrected chi connectivity index (χ4v) is 4.23. The fraction of sp³-hybridized carbons (Fsp3) is 0.133. The van der Waals surface area contributed by atoms with Crippen LogP contribution in [0.3, 0.4) is 0 Å². The van der Waals surface area contributed by atoms with Gasteiger partial charge >= 0.3 is 15.8 Å². The van der Waals surface area contributed by atoms with E-state index < -0.39 is 10.0 Å². The second-order valence-corrected chi connectivity index (χ2v) is 7.70. The Morgan fingerprint density at radius 2 is 1.71 bits per heavy atom. The maximum Gasteiger partial charge on any atom is 0.328 e. The van der Waals surface area contributed by atoms with Crippen molar-refractivity contribution < 1.29 is 12.4 Å². The molecule has 1 heterocycles. The van der Waals surface area contributed by atoms with E-state index in [1.165, 1.54) is 11.5 Å². The van der Waals surface area contributed by atoms with Gasteiger partial charge in [-0.25, -0.2) is 0 Å². The van der Waals surface area contributed by atoms with Crippen molar-refractivity contribution in [3.8, 4) is 0 Å². The smallest absolute Gasteiger partial charge is 0.179 e. The van der Waals surface area contributed by atoms with E-state index in [9.17, 15) is 8.42 Å². The highest BCUT2D eigenvalue weighted by Crippen LogP contribution is 2.26. The molecular formula is C15H15N2O2S2+. The first-order chi connectivity index (χ1) is 9.97. The number of fused-ring (bicyclic) bond motifs is 1. The van der Waals surface area contributed by atoms with Crippen LogP contribution in [0.1, 0.15) is 5.56 Å². The van der Waals surface area contributed by atoms with Crippen LogP contribution in [0, 0.1) is 6.92 Å². The van der Waals surface area contributed by atoms with Crippen LogP contribution in [-0.4, -0.2) is 8.42 Å². The van der Waals surface area contributed by atoms with Crippen molar-refractivity contribution in [1.82, 2.24) is 0 Å². The largest absolute Gasteiger partial charge is 0.328 e. The van der Waals surface area contributed by atoms with Gasteiger partial charge in [-0.05, 0) is 31.2 Å². The molecule has 0 bridgehead atoms. The average Bonchev–Trinajstić information content (AvgIpc) is 2.75. The Morgan fingerprint density at radius 3 is 2.43 bits per heavy atom. The second-order valence-electron chi connectivity index (χ2n) is 4.85. The van der Waals surface area contributed by atoms with Gasteiger partial charge in [-0.2, -0.15) is 17.1 Å². The van der Waals surface area contributed by atoms with Gasteiger partial charge in [0.15, 0.2) is 0 Å². The van der Waals surface area contributed by atoms with Gasteiger partial charge in [-0.1, -0.05) is 29.8 Å². The Hall–Kier alpha value is -1.92. The molecule has 21 heavy (non-hydrogen) atoms. The van der Waals surface area contributed by atoms with E-state index in [0.717, 1.165) is 15.6 Å². The van der Waals surface area contributed by atoms with Crippen LogP contribution >= 0.6 is 11.5 Å². The summed E-state index contributed by atoms with van der Waals surface area (Å²) in [6, 6.07) is 14.6. The molecule has 3 rings (SSSR count). The number of hydrogen-bond acceptors (Lipinski definition) is 3. The average molecular weight is 319 g/mol. The molecule has 0 unspecified atom stereocenters. The summed E-state index contributed by atoms with van der Waals surface area (Å²) in [5.41, 5.74) is 1.03. The minimum atomic E-state index is -3.58. The van der Waals surface area contributed by atoms with E-state index in [1.54, 1.807) is 24.3 Å². The van der Waals surface area contributed by atoms with E-state index in [0.29, 0.717) is 5.82 Å². The summed E-state index contributed by atoms with van der Waals surface area (Å²) in [6.45, 7) is 1.93. The first-order valence-corrected chi connectivity index (χ1v) is 8.70. The number of anilines is 1. The molecule has 0 fully saturated rings. The van der Waals surface area contributed by atoms with Gasteiger partial charge in [-0.3, -0.25) is 0 Å². The van der Waals surface area contributed by atoms with Gasteiger partial charge in [0.05, 0.1) is 17.1 Å². The van der Waals surface area contributed by atoms with Gasteiger partial charge in [0.2, 0.25) is 0 Å². The van der Waals surface area contributed by atoms with Crippen LogP contribution in [0.5, 0.6) is 0 Å². The molecular weight excluding hydrogens is 304 g/mol. The highest BCUT2D eigenvalue weighted by molar-refractivity contribution is 7.92. The van der Waals surface area contributed by atoms with Gasteiger partial charge in [0.1, 0.15) is 4.90 Å². The quantitative estimate of drug-likeness (QED) is 0.755. The Morgan fingerprint density at radius 1 is 1.05 bits per heavy atom. The molecule has 108 valence electrons. The number of rotatable bonds is 3. The van der Waals surface area contributed by atoms with Crippen LogP contribution in [-0.2, 0) is 17.1 Å². The first-order valence-electron chi connectivity index (χ1n) is 6.45. The molecule has 2 aromatic carbocycles. The van der Waals surface area contributed by atoms with Crippen molar-refractivity contribution in [3.05, 3.63) is 54.1 Å². The first kappa shape index (κ1) is 14.0. The van der Waals surface area contributed by atoms with Crippen molar-refractivity contribution in [3.63, 3.8) is 0 Å². The molecule has 0 saturated heterocycles. The van der Waals surface area contributed by atoms with Gasteiger partial charge in [-0.15, -0.1) is 0 Å². The number of benzene rings is 2. The van der Waals surface area contributed by atoms with E-state index in [4.69, 9.17) is 0 Å². The molecule has 0 radical (unpaired) electrons. The summed E-state index contributed by atoms with van der Waals surface area (Å²) in [5, 5.41) is 0.903. The number of aromatic nitrogens is 1. The van der Waals surface area contributed by atoms with Crippen LogP contribution < -0.4 is 8.68 Å². The van der Waals surface area contributed by atoms with Crippen LogP contribution in [0.2, 0.25) is 0 Å². The van der Waals surface area contributed by atoms with E-state index in [-0.39, 0.29) is 4.90 Å². The predicted molar refractivity (Wildman–Crippen MR) is 85.0 cm³/mol. The molecule has 0 atom stereocenters. The summed E-state index contributed by atoms with van der Waals surface area (Å²) in [4.78, 5) is 0.267. The lowest BCUT2D eigenvalue weighted by Crippen LogP contribution is -2.29. The summed E-state index contributed by atoms with van der Waals surface area (Å²) in [6.07, 6.45) is 0. The van der Waals surface area contributed by atoms with E-state index in [2.05, 4.69) is 4.72 Å². The standard InChI is InChI=1S/C15H14N2O2S2/c1-11-7-9-12(10-8-11)21(18,19)16-15-13-5-3-4-6-14(13)20-17(15)2/h3-10H,1-2H3/p+1. The SMILES string of the molecule is Cc1ccc(S(=O)(=O)Nc2c3ccccc3s[n+]2C)cc1. The third-order valence-corrected chi connectivity index (χ3v) is 5.62. The van der Waals surface area contributed by atoms with Gasteiger partial charge < -0.3 is 0 Å². The highest BCUT2D eigenvalue weighted by atomic mass is 32.2. The Bertz CT molecular complexity index is 897. The van der Waals surface area contributed by atoms with Crippen molar-refractivity contribution in [2.75, 3.05) is 4.72 Å². The predicted octanol–water partition coefficient (Wildman–Crippen LogP) is 2.84. The van der Waals surface area contributed by atoms with Crippen LogP contribution in [0.25, 0.3) is 10.1 Å². The molecule has 0 aliphatic rings. The van der Waals surface area contributed by atoms with Crippen LogP contribution in [0.4, 0.5) is 5.82 Å². The molecule has 4 nitrogen and oxygen atoms in total. The third kappa shape index (κ3) is 2.64. The lowest BCUT2D eigenvalue weighted by molar-refractivity contribution is -0.584. The summed E-state index contributed by atoms with van der Waals surface area (Å²) in [7, 11) is -1.73. The van der Waals surface area contributed by atoms with Gasteiger partial charge in [0.25, 0.3) is 0 Å². The lowest BCUT2D eigenvalue weighted by Gasteiger charge is -2.02. The summed E-state index contributed by atoms with van der Waals surface area (Å²) in [5.74, 6) is 0.594. The minimum Gasteiger partial charge on any atom is -0.179 e. The molecule has 0 amide bonds. The summed E-state index contributed by atoms with van der Waals surface area (Å²) >= 11 is 1.51. The zero-order valence-corrected chi connectivity index (χ0v) is 13.3. The third-order valence-electron chi connectivity index (χ3n) is 3.25. The summed E-state index contributed by atoms with van der Waals surface area (Å²) < 4.78 is 30.5. The molecule has 0 saturated carbocycles. The highest BCUT2D eigenvalue weighted by Gasteiger charge is 2.25. The Kier molecular flexibility index (Phi) is 3.43. The maximum absolute atomic E-state index is 12.5. The van der Waals surface area contributed by atoms with Crippen molar-refractivity contribution in [1.29, 1.82) is 0 Å². The number of hydrogen-bond donors (Lipinski definition) is 1.